The van der Waals surface area contributed by atoms with Crippen molar-refractivity contribution >= 4 is 5.97 Å². The van der Waals surface area contributed by atoms with E-state index in [1.165, 1.54) is 12.5 Å². The highest BCUT2D eigenvalue weighted by molar-refractivity contribution is 5.79. The Hall–Kier alpha value is -1.95. The fourth-order valence-corrected chi connectivity index (χ4v) is 18.8. The summed E-state index contributed by atoms with van der Waals surface area (Å²) in [6.07, 6.45) is -39.4. The third-order valence-electron chi connectivity index (χ3n) is 25.0. The van der Waals surface area contributed by atoms with Gasteiger partial charge in [0, 0.05) is 5.41 Å². The summed E-state index contributed by atoms with van der Waals surface area (Å²) in [5.41, 5.74) is -1.86. The largest absolute Gasteiger partial charge is 0.432 e. The summed E-state index contributed by atoms with van der Waals surface area (Å²) < 4.78 is 71.0. The van der Waals surface area contributed by atoms with Gasteiger partial charge >= 0.3 is 5.97 Å². The quantitative estimate of drug-likeness (QED) is 0.0390. The first-order valence-corrected chi connectivity index (χ1v) is 33.7. The van der Waals surface area contributed by atoms with Gasteiger partial charge in [-0.05, 0) is 111 Å². The van der Waals surface area contributed by atoms with Crippen LogP contribution in [0.2, 0.25) is 0 Å². The van der Waals surface area contributed by atoms with Crippen molar-refractivity contribution in [3.8, 4) is 0 Å². The Morgan fingerprint density at radius 3 is 1.71 bits per heavy atom. The Bertz CT molecular complexity index is 2660. The maximum Gasteiger partial charge on any atom is 0.315 e. The van der Waals surface area contributed by atoms with Gasteiger partial charge in [0.1, 0.15) is 128 Å². The molecule has 0 spiro atoms. The Labute approximate surface area is 550 Å². The van der Waals surface area contributed by atoms with Crippen molar-refractivity contribution in [1.82, 2.24) is 0 Å². The zero-order valence-electron chi connectivity index (χ0n) is 54.7. The van der Waals surface area contributed by atoms with Crippen LogP contribution in [0.15, 0.2) is 11.6 Å². The van der Waals surface area contributed by atoms with Crippen molar-refractivity contribution in [2.45, 2.75) is 291 Å². The molecule has 10 fully saturated rings. The first-order valence-electron chi connectivity index (χ1n) is 33.7. The third kappa shape index (κ3) is 12.7. The fourth-order valence-electron chi connectivity index (χ4n) is 18.8. The number of esters is 1. The van der Waals surface area contributed by atoms with E-state index >= 15 is 0 Å². The van der Waals surface area contributed by atoms with Crippen molar-refractivity contribution in [1.29, 1.82) is 0 Å². The third-order valence-corrected chi connectivity index (χ3v) is 25.0. The zero-order valence-corrected chi connectivity index (χ0v) is 54.7. The number of allylic oxidation sites excluding steroid dienone is 2. The van der Waals surface area contributed by atoms with E-state index in [9.17, 15) is 96.7 Å². The molecule has 0 amide bonds. The van der Waals surface area contributed by atoms with E-state index < -0.39 is 221 Å². The highest BCUT2D eigenvalue weighted by Gasteiger charge is 2.71. The highest BCUT2D eigenvalue weighted by Crippen LogP contribution is 2.76. The molecular weight excluding hydrogens is 1260 g/mol. The van der Waals surface area contributed by atoms with E-state index in [2.05, 4.69) is 40.7 Å². The van der Waals surface area contributed by atoms with Gasteiger partial charge in [-0.25, -0.2) is 0 Å². The molecule has 6 aliphatic heterocycles. The van der Waals surface area contributed by atoms with Gasteiger partial charge in [-0.2, -0.15) is 0 Å². The summed E-state index contributed by atoms with van der Waals surface area (Å²) in [6, 6.07) is 0. The molecule has 0 aromatic carbocycles. The molecule has 4 saturated carbocycles. The number of carbonyl (C=O) groups is 1. The topological polar surface area (TPSA) is 492 Å². The minimum atomic E-state index is -2.01. The number of aliphatic hydroxyl groups excluding tert-OH is 18. The average Bonchev–Trinajstić information content (AvgIpc) is 0.676. The Balaban J connectivity index is 0.744. The molecule has 11 aliphatic rings. The highest BCUT2D eigenvalue weighted by atomic mass is 16.8. The van der Waals surface area contributed by atoms with Gasteiger partial charge in [0.05, 0.1) is 57.3 Å². The summed E-state index contributed by atoms with van der Waals surface area (Å²) in [5.74, 6) is -0.794. The second kappa shape index (κ2) is 28.0. The van der Waals surface area contributed by atoms with Crippen molar-refractivity contribution in [3.63, 3.8) is 0 Å². The summed E-state index contributed by atoms with van der Waals surface area (Å²) in [4.78, 5) is 14.8. The molecule has 37 atom stereocenters. The van der Waals surface area contributed by atoms with Gasteiger partial charge < -0.3 is 149 Å². The Morgan fingerprint density at radius 2 is 1.05 bits per heavy atom. The number of fused-ring (bicyclic) bond motifs is 7. The van der Waals surface area contributed by atoms with Crippen molar-refractivity contribution in [2.75, 3.05) is 39.6 Å². The van der Waals surface area contributed by atoms with Gasteiger partial charge in [-0.15, -0.1) is 0 Å². The lowest BCUT2D eigenvalue weighted by Gasteiger charge is -2.71. The summed E-state index contributed by atoms with van der Waals surface area (Å²) in [5, 5.41) is 195. The van der Waals surface area contributed by atoms with E-state index in [1.807, 2.05) is 6.92 Å². The lowest BCUT2D eigenvalue weighted by atomic mass is 9.33. The number of ether oxygens (including phenoxy) is 12. The van der Waals surface area contributed by atoms with Crippen LogP contribution in [-0.2, 0) is 61.6 Å². The summed E-state index contributed by atoms with van der Waals surface area (Å²) in [7, 11) is 0. The molecule has 0 unspecified atom stereocenters. The van der Waals surface area contributed by atoms with Gasteiger partial charge in [0.2, 0.25) is 6.29 Å². The zero-order chi connectivity index (χ0) is 69.1. The van der Waals surface area contributed by atoms with Crippen LogP contribution in [0.3, 0.4) is 0 Å². The van der Waals surface area contributed by atoms with E-state index in [0.717, 1.165) is 12.8 Å². The van der Waals surface area contributed by atoms with Gasteiger partial charge in [-0.3, -0.25) is 4.79 Å². The van der Waals surface area contributed by atoms with Crippen LogP contribution in [0, 0.1) is 50.2 Å². The smallest absolute Gasteiger partial charge is 0.315 e. The van der Waals surface area contributed by atoms with Crippen LogP contribution in [0.4, 0.5) is 0 Å². The number of aliphatic hydroxyl groups is 18. The number of hydrogen-bond acceptors (Lipinski definition) is 31. The number of carbonyl (C=O) groups excluding carboxylic acids is 1. The molecule has 11 rings (SSSR count). The molecule has 31 heteroatoms. The molecule has 18 N–H and O–H groups in total. The van der Waals surface area contributed by atoms with Crippen LogP contribution >= 0.6 is 0 Å². The van der Waals surface area contributed by atoms with Crippen LogP contribution in [0.1, 0.15) is 113 Å². The predicted molar refractivity (Wildman–Crippen MR) is 316 cm³/mol. The second-order valence-electron chi connectivity index (χ2n) is 30.8. The van der Waals surface area contributed by atoms with E-state index in [1.54, 1.807) is 0 Å². The minimum Gasteiger partial charge on any atom is -0.432 e. The van der Waals surface area contributed by atoms with Gasteiger partial charge in [-0.1, -0.05) is 53.2 Å². The average molecular weight is 1370 g/mol. The monoisotopic (exact) mass is 1370 g/mol. The molecule has 0 aromatic heterocycles. The molecule has 6 saturated heterocycles. The van der Waals surface area contributed by atoms with Crippen LogP contribution in [0.25, 0.3) is 0 Å². The van der Waals surface area contributed by atoms with Crippen molar-refractivity contribution in [3.05, 3.63) is 11.6 Å². The molecule has 5 aliphatic carbocycles. The normalized spacial score (nSPS) is 54.8. The van der Waals surface area contributed by atoms with Gasteiger partial charge in [0.15, 0.2) is 31.5 Å². The molecule has 31 nitrogen and oxygen atoms in total. The standard InChI is InChI=1S/C64H104O31/c1-25-36(70)50(93-52-44(78)40(74)32(23-85-52)90-53-47(81)43(77)49(31(21-67)89-53)92-54-45(79)41(75)38(72)29(19-65)87-54)48(82)56(86-25)94-51-37(71)28(69)22-84-57(51)91-35-11-12-60(4)33(61(35,5)24-68)10-13-63(7)34(60)9-8-26-27-18-59(2,3)14-16-64(27,17-15-62(26,63)6)58(83)95-55-46(80)42(76)39(73)30(20-66)88-55/h8,25,27-57,65-82H,9-24H2,1-7H3/t25-,27-,28-,29+,30+,31+,32+,33+,34+,35-,36-,37-,38+,39+,40+,41-,42-,43+,44+,45+,46+,47+,48+,49+,50+,51+,52-,53-,54-,55-,56-,57-,60-,61-,62+,63+,64-/m0/s1. The van der Waals surface area contributed by atoms with Crippen LogP contribution in [0.5, 0.6) is 0 Å². The summed E-state index contributed by atoms with van der Waals surface area (Å²) in [6.45, 7) is 11.2. The first kappa shape index (κ1) is 74.2. The SMILES string of the molecule is C[C@@H]1O[C@@H](O[C@H]2[C@H](O[C@H]3CC[C@@]4(C)[C@@H](CC[C@]5(C)[C@@H]4CC=C4[C@@H]6CC(C)(C)CC[C@]6(C(=O)O[C@@H]6O[C@H](CO)[C@@H](O)[C@H](O)[C@H]6O)CC[C@]45C)[C@]3(C)CO)OC[C@H](O)[C@@H]2O)[C@H](O)[C@H](O[C@@H]2OC[C@@H](O[C@@H]3O[C@H](CO)[C@@H](O[C@@H]4O[C@H](CO)[C@@H](O)[C@H](O)[C@H]4O)[C@H](O)[C@H]3O)[C@@H](O)[C@H]2O)[C@H]1O. The Kier molecular flexibility index (Phi) is 21.9. The lowest BCUT2D eigenvalue weighted by Crippen LogP contribution is -2.67. The molecule has 0 radical (unpaired) electrons. The van der Waals surface area contributed by atoms with Crippen molar-refractivity contribution in [2.24, 2.45) is 50.2 Å². The molecule has 6 heterocycles. The van der Waals surface area contributed by atoms with Crippen LogP contribution in [-0.4, -0.2) is 316 Å². The fraction of sp³-hybridized carbons (Fsp3) is 0.953. The van der Waals surface area contributed by atoms with E-state index in [-0.39, 0.29) is 52.6 Å². The van der Waals surface area contributed by atoms with E-state index in [4.69, 9.17) is 56.8 Å². The second-order valence-corrected chi connectivity index (χ2v) is 30.8. The molecule has 0 bridgehead atoms. The number of rotatable bonds is 16. The number of hydrogen-bond donors (Lipinski definition) is 18. The first-order chi connectivity index (χ1) is 44.7. The lowest BCUT2D eigenvalue weighted by molar-refractivity contribution is -0.386. The maximum absolute atomic E-state index is 14.8. The minimum absolute atomic E-state index is 0.101. The van der Waals surface area contributed by atoms with Crippen molar-refractivity contribution < 1.29 is 154 Å². The van der Waals surface area contributed by atoms with Gasteiger partial charge in [0.25, 0.3) is 0 Å². The molecule has 0 aromatic rings. The van der Waals surface area contributed by atoms with E-state index in [0.29, 0.717) is 51.4 Å². The maximum atomic E-state index is 14.8. The Morgan fingerprint density at radius 1 is 0.495 bits per heavy atom. The molecular formula is C64H104O31. The summed E-state index contributed by atoms with van der Waals surface area (Å²) >= 11 is 0. The molecule has 95 heavy (non-hydrogen) atoms. The van der Waals surface area contributed by atoms with Crippen LogP contribution < -0.4 is 0 Å². The predicted octanol–water partition coefficient (Wildman–Crippen LogP) is -5.11. The molecule has 546 valence electrons.